The summed E-state index contributed by atoms with van der Waals surface area (Å²) in [5, 5.41) is 3.97. The van der Waals surface area contributed by atoms with Crippen molar-refractivity contribution in [2.45, 2.75) is 46.5 Å². The Morgan fingerprint density at radius 2 is 1.80 bits per heavy atom. The zero-order valence-electron chi connectivity index (χ0n) is 10.3. The summed E-state index contributed by atoms with van der Waals surface area (Å²) in [5.74, 6) is 1.39. The molecular formula is C11H21N3O. The van der Waals surface area contributed by atoms with Crippen molar-refractivity contribution in [3.8, 4) is 0 Å². The molecule has 0 aliphatic rings. The smallest absolute Gasteiger partial charge is 0.233 e. The fourth-order valence-corrected chi connectivity index (χ4v) is 1.16. The molecule has 0 amide bonds. The van der Waals surface area contributed by atoms with E-state index >= 15 is 0 Å². The fraction of sp³-hybridized carbons (Fsp3) is 0.818. The second kappa shape index (κ2) is 3.93. The van der Waals surface area contributed by atoms with Gasteiger partial charge in [0.25, 0.3) is 0 Å². The van der Waals surface area contributed by atoms with Gasteiger partial charge >= 0.3 is 0 Å². The molecule has 86 valence electrons. The van der Waals surface area contributed by atoms with Crippen LogP contribution in [0.4, 0.5) is 0 Å². The van der Waals surface area contributed by atoms with Gasteiger partial charge in [-0.3, -0.25) is 0 Å². The van der Waals surface area contributed by atoms with Crippen LogP contribution in [-0.2, 0) is 11.8 Å². The number of hydrogen-bond acceptors (Lipinski definition) is 4. The molecule has 0 fully saturated rings. The highest BCUT2D eigenvalue weighted by atomic mass is 16.5. The summed E-state index contributed by atoms with van der Waals surface area (Å²) in [6, 6.07) is 0. The van der Waals surface area contributed by atoms with Crippen LogP contribution in [0, 0.1) is 5.41 Å². The predicted molar refractivity (Wildman–Crippen MR) is 59.5 cm³/mol. The SMILES string of the molecule is CC(C)(C)Cc1noc(C(C)(C)CN)n1. The average molecular weight is 211 g/mol. The van der Waals surface area contributed by atoms with Gasteiger partial charge in [-0.05, 0) is 19.3 Å². The van der Waals surface area contributed by atoms with E-state index in [0.717, 1.165) is 12.2 Å². The van der Waals surface area contributed by atoms with Crippen molar-refractivity contribution in [2.75, 3.05) is 6.54 Å². The summed E-state index contributed by atoms with van der Waals surface area (Å²) in [6.07, 6.45) is 0.817. The molecule has 1 heterocycles. The van der Waals surface area contributed by atoms with E-state index in [1.54, 1.807) is 0 Å². The lowest BCUT2D eigenvalue weighted by Crippen LogP contribution is -2.28. The molecule has 15 heavy (non-hydrogen) atoms. The van der Waals surface area contributed by atoms with Crippen molar-refractivity contribution >= 4 is 0 Å². The number of rotatable bonds is 3. The molecular weight excluding hydrogens is 190 g/mol. The Bertz CT molecular complexity index is 323. The summed E-state index contributed by atoms with van der Waals surface area (Å²) < 4.78 is 5.23. The highest BCUT2D eigenvalue weighted by Gasteiger charge is 2.26. The minimum Gasteiger partial charge on any atom is -0.339 e. The third-order valence-corrected chi connectivity index (χ3v) is 2.25. The summed E-state index contributed by atoms with van der Waals surface area (Å²) in [4.78, 5) is 4.38. The predicted octanol–water partition coefficient (Wildman–Crippen LogP) is 1.89. The zero-order chi connectivity index (χ0) is 11.7. The number of nitrogens with zero attached hydrogens (tertiary/aromatic N) is 2. The van der Waals surface area contributed by atoms with Crippen LogP contribution in [0.3, 0.4) is 0 Å². The van der Waals surface area contributed by atoms with Gasteiger partial charge in [-0.25, -0.2) is 0 Å². The molecule has 1 aromatic heterocycles. The Kier molecular flexibility index (Phi) is 3.19. The van der Waals surface area contributed by atoms with Gasteiger partial charge in [-0.15, -0.1) is 0 Å². The third-order valence-electron chi connectivity index (χ3n) is 2.25. The van der Waals surface area contributed by atoms with Crippen molar-refractivity contribution in [1.82, 2.24) is 10.1 Å². The first-order chi connectivity index (χ1) is 6.74. The Balaban J connectivity index is 2.81. The molecule has 0 aliphatic heterocycles. The molecule has 0 aromatic carbocycles. The summed E-state index contributed by atoms with van der Waals surface area (Å²) >= 11 is 0. The third kappa shape index (κ3) is 3.30. The maximum Gasteiger partial charge on any atom is 0.233 e. The minimum atomic E-state index is -0.233. The molecule has 0 spiro atoms. The number of hydrogen-bond donors (Lipinski definition) is 1. The molecule has 2 N–H and O–H groups in total. The van der Waals surface area contributed by atoms with E-state index in [0.29, 0.717) is 12.4 Å². The Hall–Kier alpha value is -0.900. The largest absolute Gasteiger partial charge is 0.339 e. The van der Waals surface area contributed by atoms with Crippen LogP contribution in [0.15, 0.2) is 4.52 Å². The van der Waals surface area contributed by atoms with Crippen molar-refractivity contribution in [3.63, 3.8) is 0 Å². The molecule has 4 nitrogen and oxygen atoms in total. The topological polar surface area (TPSA) is 64.9 Å². The van der Waals surface area contributed by atoms with Crippen molar-refractivity contribution in [3.05, 3.63) is 11.7 Å². The van der Waals surface area contributed by atoms with Gasteiger partial charge in [-0.2, -0.15) is 4.98 Å². The van der Waals surface area contributed by atoms with Gasteiger partial charge in [0.05, 0.1) is 5.41 Å². The molecule has 4 heteroatoms. The first kappa shape index (κ1) is 12.2. The summed E-state index contributed by atoms with van der Waals surface area (Å²) in [7, 11) is 0. The Morgan fingerprint density at radius 3 is 2.27 bits per heavy atom. The van der Waals surface area contributed by atoms with E-state index in [1.807, 2.05) is 13.8 Å². The lowest BCUT2D eigenvalue weighted by atomic mass is 9.91. The van der Waals surface area contributed by atoms with Gasteiger partial charge < -0.3 is 10.3 Å². The molecule has 1 rings (SSSR count). The van der Waals surface area contributed by atoms with Gasteiger partial charge in [0.2, 0.25) is 5.89 Å². The van der Waals surface area contributed by atoms with E-state index in [4.69, 9.17) is 10.3 Å². The van der Waals surface area contributed by atoms with Crippen LogP contribution >= 0.6 is 0 Å². The molecule has 0 bridgehead atoms. The zero-order valence-corrected chi connectivity index (χ0v) is 10.3. The lowest BCUT2D eigenvalue weighted by molar-refractivity contribution is 0.305. The maximum absolute atomic E-state index is 5.65. The molecule has 0 radical (unpaired) electrons. The minimum absolute atomic E-state index is 0.175. The van der Waals surface area contributed by atoms with Gasteiger partial charge in [0.15, 0.2) is 5.82 Å². The molecule has 1 aromatic rings. The van der Waals surface area contributed by atoms with Crippen LogP contribution < -0.4 is 5.73 Å². The van der Waals surface area contributed by atoms with Gasteiger partial charge in [0, 0.05) is 13.0 Å². The first-order valence-electron chi connectivity index (χ1n) is 5.28. The van der Waals surface area contributed by atoms with E-state index < -0.39 is 0 Å². The molecule has 0 saturated carbocycles. The fourth-order valence-electron chi connectivity index (χ4n) is 1.16. The van der Waals surface area contributed by atoms with E-state index in [1.165, 1.54) is 0 Å². The van der Waals surface area contributed by atoms with E-state index in [2.05, 4.69) is 30.9 Å². The molecule has 0 saturated heterocycles. The standard InChI is InChI=1S/C11H21N3O/c1-10(2,3)6-8-13-9(15-14-8)11(4,5)7-12/h6-7,12H2,1-5H3. The van der Waals surface area contributed by atoms with Crippen LogP contribution in [0.1, 0.15) is 46.3 Å². The molecule has 0 aliphatic carbocycles. The summed E-state index contributed by atoms with van der Waals surface area (Å²) in [5.41, 5.74) is 5.59. The van der Waals surface area contributed by atoms with Gasteiger partial charge in [-0.1, -0.05) is 25.9 Å². The monoisotopic (exact) mass is 211 g/mol. The van der Waals surface area contributed by atoms with Crippen LogP contribution in [0.25, 0.3) is 0 Å². The normalized spacial score (nSPS) is 13.2. The Morgan fingerprint density at radius 1 is 1.20 bits per heavy atom. The molecule has 0 atom stereocenters. The highest BCUT2D eigenvalue weighted by molar-refractivity contribution is 5.02. The Labute approximate surface area is 91.2 Å². The van der Waals surface area contributed by atoms with Crippen LogP contribution in [0.2, 0.25) is 0 Å². The van der Waals surface area contributed by atoms with Gasteiger partial charge in [0.1, 0.15) is 0 Å². The van der Waals surface area contributed by atoms with E-state index in [-0.39, 0.29) is 10.8 Å². The first-order valence-corrected chi connectivity index (χ1v) is 5.28. The maximum atomic E-state index is 5.65. The number of aromatic nitrogens is 2. The highest BCUT2D eigenvalue weighted by Crippen LogP contribution is 2.23. The molecule has 0 unspecified atom stereocenters. The number of nitrogens with two attached hydrogens (primary N) is 1. The second-order valence-corrected chi connectivity index (χ2v) is 5.84. The van der Waals surface area contributed by atoms with E-state index in [9.17, 15) is 0 Å². The summed E-state index contributed by atoms with van der Waals surface area (Å²) in [6.45, 7) is 11.0. The lowest BCUT2D eigenvalue weighted by Gasteiger charge is -2.16. The van der Waals surface area contributed by atoms with Crippen molar-refractivity contribution in [2.24, 2.45) is 11.1 Å². The van der Waals surface area contributed by atoms with Crippen molar-refractivity contribution in [1.29, 1.82) is 0 Å². The van der Waals surface area contributed by atoms with Crippen LogP contribution in [0.5, 0.6) is 0 Å². The second-order valence-electron chi connectivity index (χ2n) is 5.84. The quantitative estimate of drug-likeness (QED) is 0.829. The van der Waals surface area contributed by atoms with Crippen LogP contribution in [-0.4, -0.2) is 16.7 Å². The average Bonchev–Trinajstić information content (AvgIpc) is 2.50. The van der Waals surface area contributed by atoms with Crippen molar-refractivity contribution < 1.29 is 4.52 Å².